The summed E-state index contributed by atoms with van der Waals surface area (Å²) in [6.45, 7) is 3.63. The maximum atomic E-state index is 12.1. The van der Waals surface area contributed by atoms with E-state index < -0.39 is 11.9 Å². The van der Waals surface area contributed by atoms with Gasteiger partial charge in [0, 0.05) is 26.2 Å². The average Bonchev–Trinajstić information content (AvgIpc) is 3.23. The van der Waals surface area contributed by atoms with E-state index in [2.05, 4.69) is 20.3 Å². The standard InChI is InChI=1S/C19H21N7O4/c1-3-30-19(28)18(27)25-10-8-24(9-11-25)16-15-17(21-12-20-16)26(23-22-15)13-4-6-14(29-2)7-5-13/h4-7,12H,3,8-11H2,1-2H3. The summed E-state index contributed by atoms with van der Waals surface area (Å²) >= 11 is 0. The number of benzene rings is 1. The molecule has 0 N–H and O–H groups in total. The maximum absolute atomic E-state index is 12.1. The summed E-state index contributed by atoms with van der Waals surface area (Å²) in [5.41, 5.74) is 1.95. The van der Waals surface area contributed by atoms with E-state index in [0.717, 1.165) is 11.4 Å². The van der Waals surface area contributed by atoms with Crippen LogP contribution in [0, 0.1) is 0 Å². The molecule has 0 saturated carbocycles. The van der Waals surface area contributed by atoms with Gasteiger partial charge in [-0.2, -0.15) is 4.68 Å². The number of carbonyl (C=O) groups is 2. The van der Waals surface area contributed by atoms with E-state index in [4.69, 9.17) is 9.47 Å². The zero-order chi connectivity index (χ0) is 21.1. The SMILES string of the molecule is CCOC(=O)C(=O)N1CCN(c2ncnc3c2nnn3-c2ccc(OC)cc2)CC1. The number of amides is 1. The summed E-state index contributed by atoms with van der Waals surface area (Å²) < 4.78 is 11.6. The van der Waals surface area contributed by atoms with Crippen molar-refractivity contribution in [3.63, 3.8) is 0 Å². The molecule has 156 valence electrons. The summed E-state index contributed by atoms with van der Waals surface area (Å²) in [4.78, 5) is 36.0. The van der Waals surface area contributed by atoms with Crippen LogP contribution in [0.2, 0.25) is 0 Å². The highest BCUT2D eigenvalue weighted by Gasteiger charge is 2.28. The maximum Gasteiger partial charge on any atom is 0.397 e. The van der Waals surface area contributed by atoms with Gasteiger partial charge in [0.2, 0.25) is 0 Å². The van der Waals surface area contributed by atoms with Crippen LogP contribution in [-0.2, 0) is 14.3 Å². The van der Waals surface area contributed by atoms with Crippen molar-refractivity contribution in [3.8, 4) is 11.4 Å². The first kappa shape index (κ1) is 19.6. The number of esters is 1. The van der Waals surface area contributed by atoms with Crippen LogP contribution in [0.25, 0.3) is 16.9 Å². The van der Waals surface area contributed by atoms with Crippen LogP contribution < -0.4 is 9.64 Å². The van der Waals surface area contributed by atoms with Crippen LogP contribution in [-0.4, -0.2) is 81.6 Å². The van der Waals surface area contributed by atoms with Gasteiger partial charge in [-0.1, -0.05) is 5.21 Å². The van der Waals surface area contributed by atoms with Crippen LogP contribution in [0.15, 0.2) is 30.6 Å². The van der Waals surface area contributed by atoms with Gasteiger partial charge in [0.1, 0.15) is 12.1 Å². The third-order valence-electron chi connectivity index (χ3n) is 4.85. The van der Waals surface area contributed by atoms with Crippen molar-refractivity contribution in [3.05, 3.63) is 30.6 Å². The fourth-order valence-electron chi connectivity index (χ4n) is 3.31. The Bertz CT molecular complexity index is 1060. The lowest BCUT2D eigenvalue weighted by Crippen LogP contribution is -2.51. The van der Waals surface area contributed by atoms with Crippen LogP contribution in [0.3, 0.4) is 0 Å². The average molecular weight is 411 g/mol. The van der Waals surface area contributed by atoms with Gasteiger partial charge in [-0.15, -0.1) is 5.10 Å². The first-order chi connectivity index (χ1) is 14.6. The molecule has 1 fully saturated rings. The van der Waals surface area contributed by atoms with Crippen LogP contribution in [0.4, 0.5) is 5.82 Å². The van der Waals surface area contributed by atoms with Crippen molar-refractivity contribution in [2.24, 2.45) is 0 Å². The number of ether oxygens (including phenoxy) is 2. The molecule has 0 spiro atoms. The number of aromatic nitrogens is 5. The number of hydrogen-bond donors (Lipinski definition) is 0. The smallest absolute Gasteiger partial charge is 0.397 e. The molecule has 1 aromatic carbocycles. The number of fused-ring (bicyclic) bond motifs is 1. The fourth-order valence-corrected chi connectivity index (χ4v) is 3.31. The number of nitrogens with zero attached hydrogens (tertiary/aromatic N) is 7. The number of anilines is 1. The molecule has 1 aliphatic heterocycles. The molecule has 4 rings (SSSR count). The second-order valence-corrected chi connectivity index (χ2v) is 6.57. The van der Waals surface area contributed by atoms with Crippen LogP contribution >= 0.6 is 0 Å². The minimum Gasteiger partial charge on any atom is -0.497 e. The lowest BCUT2D eigenvalue weighted by Gasteiger charge is -2.34. The van der Waals surface area contributed by atoms with Gasteiger partial charge in [-0.25, -0.2) is 14.8 Å². The molecular weight excluding hydrogens is 390 g/mol. The predicted octanol–water partition coefficient (Wildman–Crippen LogP) is 0.431. The molecule has 1 saturated heterocycles. The summed E-state index contributed by atoms with van der Waals surface area (Å²) in [5, 5.41) is 8.51. The number of hydrogen-bond acceptors (Lipinski definition) is 9. The van der Waals surface area contributed by atoms with E-state index in [1.165, 1.54) is 11.2 Å². The summed E-state index contributed by atoms with van der Waals surface area (Å²) in [6, 6.07) is 7.42. The molecular formula is C19H21N7O4. The van der Waals surface area contributed by atoms with E-state index in [-0.39, 0.29) is 6.61 Å². The van der Waals surface area contributed by atoms with Gasteiger partial charge in [0.25, 0.3) is 0 Å². The Morgan fingerprint density at radius 2 is 1.80 bits per heavy atom. The molecule has 1 amide bonds. The Hall–Kier alpha value is -3.76. The second kappa shape index (κ2) is 8.31. The molecule has 1 aliphatic rings. The summed E-state index contributed by atoms with van der Waals surface area (Å²) in [5.74, 6) is -0.0516. The highest BCUT2D eigenvalue weighted by atomic mass is 16.5. The van der Waals surface area contributed by atoms with Gasteiger partial charge in [-0.05, 0) is 31.2 Å². The minimum absolute atomic E-state index is 0.174. The molecule has 3 heterocycles. The summed E-state index contributed by atoms with van der Waals surface area (Å²) in [7, 11) is 1.61. The number of piperazine rings is 1. The van der Waals surface area contributed by atoms with E-state index in [0.29, 0.717) is 43.2 Å². The monoisotopic (exact) mass is 411 g/mol. The summed E-state index contributed by atoms with van der Waals surface area (Å²) in [6.07, 6.45) is 1.47. The molecule has 3 aromatic rings. The van der Waals surface area contributed by atoms with Crippen molar-refractivity contribution in [1.82, 2.24) is 29.9 Å². The quantitative estimate of drug-likeness (QED) is 0.445. The molecule has 0 radical (unpaired) electrons. The minimum atomic E-state index is -0.821. The first-order valence-electron chi connectivity index (χ1n) is 9.54. The topological polar surface area (TPSA) is 116 Å². The Morgan fingerprint density at radius 3 is 2.47 bits per heavy atom. The fraction of sp³-hybridized carbons (Fsp3) is 0.368. The third-order valence-corrected chi connectivity index (χ3v) is 4.85. The molecule has 0 atom stereocenters. The van der Waals surface area contributed by atoms with Gasteiger partial charge in [0.15, 0.2) is 17.0 Å². The molecule has 11 nitrogen and oxygen atoms in total. The molecule has 0 unspecified atom stereocenters. The Kier molecular flexibility index (Phi) is 5.42. The second-order valence-electron chi connectivity index (χ2n) is 6.57. The number of methoxy groups -OCH3 is 1. The van der Waals surface area contributed by atoms with Crippen molar-refractivity contribution in [2.45, 2.75) is 6.92 Å². The van der Waals surface area contributed by atoms with E-state index >= 15 is 0 Å². The highest BCUT2D eigenvalue weighted by Crippen LogP contribution is 2.24. The Morgan fingerprint density at radius 1 is 1.07 bits per heavy atom. The zero-order valence-corrected chi connectivity index (χ0v) is 16.7. The number of rotatable bonds is 4. The van der Waals surface area contributed by atoms with E-state index in [9.17, 15) is 9.59 Å². The third kappa shape index (κ3) is 3.61. The van der Waals surface area contributed by atoms with Crippen LogP contribution in [0.5, 0.6) is 5.75 Å². The Balaban J connectivity index is 1.54. The van der Waals surface area contributed by atoms with Gasteiger partial charge in [0.05, 0.1) is 19.4 Å². The molecule has 2 aromatic heterocycles. The van der Waals surface area contributed by atoms with Crippen molar-refractivity contribution < 1.29 is 19.1 Å². The van der Waals surface area contributed by atoms with Crippen molar-refractivity contribution >= 4 is 28.9 Å². The van der Waals surface area contributed by atoms with Crippen LogP contribution in [0.1, 0.15) is 6.92 Å². The largest absolute Gasteiger partial charge is 0.497 e. The normalized spacial score (nSPS) is 14.1. The molecule has 11 heteroatoms. The van der Waals surface area contributed by atoms with E-state index in [1.807, 2.05) is 29.2 Å². The van der Waals surface area contributed by atoms with Crippen molar-refractivity contribution in [1.29, 1.82) is 0 Å². The molecule has 30 heavy (non-hydrogen) atoms. The van der Waals surface area contributed by atoms with Crippen molar-refractivity contribution in [2.75, 3.05) is 44.8 Å². The zero-order valence-electron chi connectivity index (χ0n) is 16.7. The predicted molar refractivity (Wildman–Crippen MR) is 106 cm³/mol. The lowest BCUT2D eigenvalue weighted by molar-refractivity contribution is -0.160. The Labute approximate surface area is 172 Å². The highest BCUT2D eigenvalue weighted by molar-refractivity contribution is 6.32. The van der Waals surface area contributed by atoms with E-state index in [1.54, 1.807) is 18.7 Å². The lowest BCUT2D eigenvalue weighted by atomic mass is 10.3. The number of carbonyl (C=O) groups excluding carboxylic acids is 2. The van der Waals surface area contributed by atoms with Gasteiger partial charge >= 0.3 is 11.9 Å². The van der Waals surface area contributed by atoms with Gasteiger partial charge in [-0.3, -0.25) is 4.79 Å². The first-order valence-corrected chi connectivity index (χ1v) is 9.54. The molecule has 0 aliphatic carbocycles. The van der Waals surface area contributed by atoms with Gasteiger partial charge < -0.3 is 19.3 Å². The molecule has 0 bridgehead atoms.